The van der Waals surface area contributed by atoms with Gasteiger partial charge in [-0.05, 0) is 105 Å². The number of nitrogens with zero attached hydrogens (tertiary/aromatic N) is 1. The number of likely N-dealkylation sites (tertiary alicyclic amines) is 1. The van der Waals surface area contributed by atoms with E-state index in [9.17, 15) is 0 Å². The van der Waals surface area contributed by atoms with Gasteiger partial charge in [0, 0.05) is 6.54 Å². The molecule has 3 unspecified atom stereocenters. The first-order chi connectivity index (χ1) is 12.2. The average molecular weight is 374 g/mol. The van der Waals surface area contributed by atoms with Gasteiger partial charge in [-0.3, -0.25) is 0 Å². The molecule has 1 nitrogen and oxygen atoms in total. The fourth-order valence-electron chi connectivity index (χ4n) is 7.15. The molecule has 1 heterocycles. The van der Waals surface area contributed by atoms with Gasteiger partial charge in [0.25, 0.3) is 0 Å². The Morgan fingerprint density at radius 1 is 0.846 bits per heavy atom. The Morgan fingerprint density at radius 3 is 2.04 bits per heavy atom. The van der Waals surface area contributed by atoms with Crippen LogP contribution in [0, 0.1) is 29.6 Å². The number of hydrogen-bond acceptors (Lipinski definition) is 1. The first-order valence-corrected chi connectivity index (χ1v) is 11.0. The SMILES string of the molecule is CC1(c2ccccc2)CCN(CC2CC3CC4CC(C3)CC2C4)CC1.Cl. The first kappa shape index (κ1) is 18.8. The molecule has 2 heteroatoms. The van der Waals surface area contributed by atoms with Crippen molar-refractivity contribution in [2.24, 2.45) is 29.6 Å². The average Bonchev–Trinajstić information content (AvgIpc) is 2.81. The van der Waals surface area contributed by atoms with Crippen LogP contribution in [0.25, 0.3) is 0 Å². The first-order valence-electron chi connectivity index (χ1n) is 11.0. The van der Waals surface area contributed by atoms with Crippen molar-refractivity contribution in [3.8, 4) is 0 Å². The minimum Gasteiger partial charge on any atom is -0.303 e. The van der Waals surface area contributed by atoms with E-state index in [0.29, 0.717) is 5.41 Å². The van der Waals surface area contributed by atoms with Crippen molar-refractivity contribution in [1.29, 1.82) is 0 Å². The molecular formula is C24H36ClN. The standard InChI is InChI=1S/C24H35N.ClH/c1-24(23-5-3-2-4-6-23)7-9-25(10-8-24)17-22-16-20-12-18-11-19(13-20)15-21(22)14-18;/h2-6,18-22H,7-17H2,1H3;1H. The van der Waals surface area contributed by atoms with Gasteiger partial charge in [0.05, 0.1) is 0 Å². The van der Waals surface area contributed by atoms with E-state index in [4.69, 9.17) is 0 Å². The highest BCUT2D eigenvalue weighted by molar-refractivity contribution is 5.85. The normalized spacial score (nSPS) is 38.6. The minimum absolute atomic E-state index is 0. The molecule has 4 saturated carbocycles. The van der Waals surface area contributed by atoms with E-state index in [1.54, 1.807) is 44.1 Å². The molecule has 5 aliphatic rings. The number of halogens is 1. The van der Waals surface area contributed by atoms with Crippen LogP contribution in [0.5, 0.6) is 0 Å². The Kier molecular flexibility index (Phi) is 5.41. The Balaban J connectivity index is 0.00000168. The van der Waals surface area contributed by atoms with Gasteiger partial charge < -0.3 is 4.90 Å². The quantitative estimate of drug-likeness (QED) is 0.635. The Hall–Kier alpha value is -0.530. The highest BCUT2D eigenvalue weighted by Crippen LogP contribution is 2.53. The summed E-state index contributed by atoms with van der Waals surface area (Å²) >= 11 is 0. The van der Waals surface area contributed by atoms with E-state index in [1.165, 1.54) is 32.5 Å². The van der Waals surface area contributed by atoms with Crippen LogP contribution in [-0.2, 0) is 5.41 Å². The predicted molar refractivity (Wildman–Crippen MR) is 112 cm³/mol. The summed E-state index contributed by atoms with van der Waals surface area (Å²) in [6.45, 7) is 6.52. The number of benzene rings is 1. The number of hydrogen-bond donors (Lipinski definition) is 0. The molecule has 0 amide bonds. The summed E-state index contributed by atoms with van der Waals surface area (Å²) in [6, 6.07) is 11.3. The van der Waals surface area contributed by atoms with Crippen LogP contribution in [-0.4, -0.2) is 24.5 Å². The lowest BCUT2D eigenvalue weighted by atomic mass is 9.67. The second-order valence-corrected chi connectivity index (χ2v) is 10.3. The minimum atomic E-state index is 0. The third kappa shape index (κ3) is 3.59. The van der Waals surface area contributed by atoms with Gasteiger partial charge in [-0.15, -0.1) is 12.4 Å². The second kappa shape index (κ2) is 7.47. The molecule has 0 N–H and O–H groups in total. The summed E-state index contributed by atoms with van der Waals surface area (Å²) in [6.07, 6.45) is 12.1. The molecule has 26 heavy (non-hydrogen) atoms. The zero-order valence-electron chi connectivity index (χ0n) is 16.4. The number of fused-ring (bicyclic) bond motifs is 1. The summed E-state index contributed by atoms with van der Waals surface area (Å²) in [5.41, 5.74) is 1.96. The highest BCUT2D eigenvalue weighted by atomic mass is 35.5. The van der Waals surface area contributed by atoms with Crippen LogP contribution in [0.4, 0.5) is 0 Å². The predicted octanol–water partition coefficient (Wildman–Crippen LogP) is 5.92. The lowest BCUT2D eigenvalue weighted by molar-refractivity contribution is 0.0991. The van der Waals surface area contributed by atoms with E-state index in [0.717, 1.165) is 29.6 Å². The molecule has 1 aliphatic heterocycles. The van der Waals surface area contributed by atoms with Crippen LogP contribution >= 0.6 is 12.4 Å². The molecule has 4 bridgehead atoms. The van der Waals surface area contributed by atoms with Gasteiger partial charge in [-0.1, -0.05) is 37.3 Å². The number of piperidine rings is 1. The summed E-state index contributed by atoms with van der Waals surface area (Å²) in [5.74, 6) is 5.38. The van der Waals surface area contributed by atoms with E-state index in [-0.39, 0.29) is 12.4 Å². The third-order valence-corrected chi connectivity index (χ3v) is 8.50. The molecule has 1 aromatic carbocycles. The smallest absolute Gasteiger partial charge is 0.00124 e. The van der Waals surface area contributed by atoms with Gasteiger partial charge >= 0.3 is 0 Å². The van der Waals surface area contributed by atoms with Crippen LogP contribution in [0.3, 0.4) is 0 Å². The molecular weight excluding hydrogens is 338 g/mol. The van der Waals surface area contributed by atoms with Crippen molar-refractivity contribution in [2.75, 3.05) is 19.6 Å². The van der Waals surface area contributed by atoms with Crippen molar-refractivity contribution < 1.29 is 0 Å². The van der Waals surface area contributed by atoms with E-state index in [1.807, 2.05) is 0 Å². The monoisotopic (exact) mass is 373 g/mol. The summed E-state index contributed by atoms with van der Waals surface area (Å²) in [4.78, 5) is 2.83. The van der Waals surface area contributed by atoms with Crippen LogP contribution in [0.1, 0.15) is 63.9 Å². The van der Waals surface area contributed by atoms with Gasteiger partial charge in [-0.25, -0.2) is 0 Å². The lowest BCUT2D eigenvalue weighted by Gasteiger charge is -2.42. The molecule has 1 aromatic rings. The van der Waals surface area contributed by atoms with E-state index < -0.39 is 0 Å². The molecule has 144 valence electrons. The largest absolute Gasteiger partial charge is 0.303 e. The Bertz CT molecular complexity index is 577. The fraction of sp³-hybridized carbons (Fsp3) is 0.750. The van der Waals surface area contributed by atoms with Gasteiger partial charge in [0.2, 0.25) is 0 Å². The fourth-order valence-corrected chi connectivity index (χ4v) is 7.15. The van der Waals surface area contributed by atoms with E-state index >= 15 is 0 Å². The van der Waals surface area contributed by atoms with Crippen molar-refractivity contribution >= 4 is 12.4 Å². The maximum absolute atomic E-state index is 2.83. The Labute approximate surface area is 166 Å². The topological polar surface area (TPSA) is 3.24 Å². The second-order valence-electron chi connectivity index (χ2n) is 10.3. The van der Waals surface area contributed by atoms with Crippen molar-refractivity contribution in [3.63, 3.8) is 0 Å². The van der Waals surface area contributed by atoms with E-state index in [2.05, 4.69) is 42.2 Å². The van der Waals surface area contributed by atoms with Crippen LogP contribution < -0.4 is 0 Å². The molecule has 0 radical (unpaired) electrons. The lowest BCUT2D eigenvalue weighted by Crippen LogP contribution is -2.44. The summed E-state index contributed by atoms with van der Waals surface area (Å²) in [7, 11) is 0. The van der Waals surface area contributed by atoms with Crippen LogP contribution in [0.15, 0.2) is 30.3 Å². The molecule has 3 atom stereocenters. The van der Waals surface area contributed by atoms with Crippen molar-refractivity contribution in [1.82, 2.24) is 4.90 Å². The zero-order valence-corrected chi connectivity index (χ0v) is 17.2. The highest BCUT2D eigenvalue weighted by Gasteiger charge is 2.44. The molecule has 4 aliphatic carbocycles. The molecule has 6 rings (SSSR count). The summed E-state index contributed by atoms with van der Waals surface area (Å²) < 4.78 is 0. The number of rotatable bonds is 3. The summed E-state index contributed by atoms with van der Waals surface area (Å²) in [5, 5.41) is 0. The third-order valence-electron chi connectivity index (χ3n) is 8.50. The van der Waals surface area contributed by atoms with Crippen molar-refractivity contribution in [3.05, 3.63) is 35.9 Å². The van der Waals surface area contributed by atoms with Gasteiger partial charge in [-0.2, -0.15) is 0 Å². The molecule has 1 saturated heterocycles. The van der Waals surface area contributed by atoms with Gasteiger partial charge in [0.1, 0.15) is 0 Å². The van der Waals surface area contributed by atoms with Crippen LogP contribution in [0.2, 0.25) is 0 Å². The van der Waals surface area contributed by atoms with Crippen molar-refractivity contribution in [2.45, 2.75) is 63.7 Å². The zero-order chi connectivity index (χ0) is 16.9. The van der Waals surface area contributed by atoms with Gasteiger partial charge in [0.15, 0.2) is 0 Å². The maximum atomic E-state index is 2.83. The molecule has 5 fully saturated rings. The maximum Gasteiger partial charge on any atom is 0.00124 e. The Morgan fingerprint density at radius 2 is 1.42 bits per heavy atom. The molecule has 0 aromatic heterocycles. The molecule has 0 spiro atoms.